The number of esters is 1. The largest absolute Gasteiger partial charge is 0.469 e. The maximum absolute atomic E-state index is 13.7. The van der Waals surface area contributed by atoms with Gasteiger partial charge in [0.1, 0.15) is 11.4 Å². The van der Waals surface area contributed by atoms with Crippen LogP contribution in [0.5, 0.6) is 0 Å². The number of nitrogens with one attached hydrogen (secondary N) is 2. The fourth-order valence-electron chi connectivity index (χ4n) is 4.28. The summed E-state index contributed by atoms with van der Waals surface area (Å²) in [6.07, 6.45) is -0.246. The average molecular weight is 611 g/mol. The van der Waals surface area contributed by atoms with Crippen LogP contribution in [0, 0.1) is 5.92 Å². The van der Waals surface area contributed by atoms with Gasteiger partial charge in [0.2, 0.25) is 17.4 Å². The van der Waals surface area contributed by atoms with Crippen LogP contribution in [-0.2, 0) is 41.8 Å². The number of alkyl carbamates (subject to hydrolysis) is 1. The Balaban J connectivity index is 2.18. The number of hydrogen-bond donors (Lipinski definition) is 3. The summed E-state index contributed by atoms with van der Waals surface area (Å²) < 4.78 is 52.2. The van der Waals surface area contributed by atoms with Crippen molar-refractivity contribution in [3.63, 3.8) is 0 Å². The number of ether oxygens (including phenoxy) is 2. The summed E-state index contributed by atoms with van der Waals surface area (Å²) >= 11 is 0. The van der Waals surface area contributed by atoms with Crippen LogP contribution in [0.3, 0.4) is 0 Å². The number of amides is 1. The van der Waals surface area contributed by atoms with Crippen molar-refractivity contribution in [1.82, 2.24) is 10.0 Å². The molecule has 0 bridgehead atoms. The van der Waals surface area contributed by atoms with E-state index in [1.165, 1.54) is 7.11 Å². The van der Waals surface area contributed by atoms with Gasteiger partial charge in [-0.15, -0.1) is 0 Å². The Hall–Kier alpha value is -2.72. The molecule has 0 radical (unpaired) electrons. The van der Waals surface area contributed by atoms with E-state index in [-0.39, 0.29) is 12.3 Å². The first-order chi connectivity index (χ1) is 19.0. The van der Waals surface area contributed by atoms with Gasteiger partial charge in [0.05, 0.1) is 18.8 Å². The van der Waals surface area contributed by atoms with Crippen molar-refractivity contribution < 1.29 is 36.9 Å². The third-order valence-corrected chi connectivity index (χ3v) is 10.3. The van der Waals surface area contributed by atoms with Crippen molar-refractivity contribution in [3.8, 4) is 0 Å². The predicted molar refractivity (Wildman–Crippen MR) is 159 cm³/mol. The number of benzene rings is 2. The Morgan fingerprint density at radius 2 is 1.66 bits per heavy atom. The Morgan fingerprint density at radius 3 is 2.24 bits per heavy atom. The Morgan fingerprint density at radius 1 is 1.02 bits per heavy atom. The van der Waals surface area contributed by atoms with Gasteiger partial charge in [0.15, 0.2) is 0 Å². The van der Waals surface area contributed by atoms with Crippen LogP contribution >= 0.6 is 7.37 Å². The molecule has 0 aliphatic carbocycles. The molecule has 0 aromatic heterocycles. The number of carbonyl (C=O) groups excluding carboxylic acids is 2. The molecule has 3 unspecified atom stereocenters. The van der Waals surface area contributed by atoms with E-state index in [9.17, 15) is 27.5 Å². The van der Waals surface area contributed by atoms with Gasteiger partial charge in [-0.25, -0.2) is 17.9 Å². The first kappa shape index (κ1) is 34.5. The van der Waals surface area contributed by atoms with E-state index >= 15 is 0 Å². The molecule has 0 heterocycles. The number of rotatable bonds is 14. The van der Waals surface area contributed by atoms with Gasteiger partial charge in [0.25, 0.3) is 0 Å². The van der Waals surface area contributed by atoms with Crippen LogP contribution in [0.1, 0.15) is 63.6 Å². The lowest BCUT2D eigenvalue weighted by atomic mass is 9.99. The van der Waals surface area contributed by atoms with Gasteiger partial charge in [-0.2, -0.15) is 0 Å². The van der Waals surface area contributed by atoms with Crippen molar-refractivity contribution >= 4 is 29.5 Å². The van der Waals surface area contributed by atoms with E-state index in [2.05, 4.69) is 10.0 Å². The first-order valence-electron chi connectivity index (χ1n) is 13.5. The molecule has 1 amide bonds. The summed E-state index contributed by atoms with van der Waals surface area (Å²) in [6, 6.07) is 16.1. The molecule has 228 valence electrons. The zero-order valence-corrected chi connectivity index (χ0v) is 26.3. The third-order valence-electron chi connectivity index (χ3n) is 6.21. The van der Waals surface area contributed by atoms with Gasteiger partial charge in [0, 0.05) is 12.7 Å². The molecule has 2 aromatic carbocycles. The third kappa shape index (κ3) is 12.0. The topological polar surface area (TPSA) is 148 Å². The van der Waals surface area contributed by atoms with Crippen molar-refractivity contribution in [2.75, 3.05) is 19.0 Å². The van der Waals surface area contributed by atoms with E-state index < -0.39 is 58.8 Å². The number of aryl methyl sites for hydroxylation is 1. The molecule has 10 nitrogen and oxygen atoms in total. The quantitative estimate of drug-likeness (QED) is 0.205. The fraction of sp³-hybridized carbons (Fsp3) is 0.517. The predicted octanol–water partition coefficient (Wildman–Crippen LogP) is 4.77. The number of methoxy groups -OCH3 is 1. The van der Waals surface area contributed by atoms with E-state index in [0.717, 1.165) is 5.56 Å². The number of hydrogen-bond acceptors (Lipinski definition) is 7. The Labute approximate surface area is 243 Å². The second kappa shape index (κ2) is 15.0. The molecular weight excluding hydrogens is 567 g/mol. The minimum atomic E-state index is -4.28. The minimum absolute atomic E-state index is 0.102. The van der Waals surface area contributed by atoms with E-state index in [1.54, 1.807) is 58.9 Å². The van der Waals surface area contributed by atoms with Gasteiger partial charge < -0.3 is 19.7 Å². The van der Waals surface area contributed by atoms with Crippen LogP contribution in [0.4, 0.5) is 4.79 Å². The molecule has 3 atom stereocenters. The molecule has 3 N–H and O–H groups in total. The Kier molecular flexibility index (Phi) is 12.6. The maximum atomic E-state index is 13.7. The summed E-state index contributed by atoms with van der Waals surface area (Å²) in [4.78, 5) is 36.0. The summed E-state index contributed by atoms with van der Waals surface area (Å²) in [5.74, 6) is -3.91. The molecule has 12 heteroatoms. The van der Waals surface area contributed by atoms with Gasteiger partial charge in [-0.05, 0) is 56.2 Å². The summed E-state index contributed by atoms with van der Waals surface area (Å²) in [7, 11) is -6.99. The average Bonchev–Trinajstić information content (AvgIpc) is 2.88. The van der Waals surface area contributed by atoms with E-state index in [1.807, 2.05) is 30.3 Å². The highest BCUT2D eigenvalue weighted by molar-refractivity contribution is 7.89. The van der Waals surface area contributed by atoms with Crippen LogP contribution in [0.25, 0.3) is 0 Å². The molecule has 2 aromatic rings. The molecular formula is C29H43N2O8PS. The lowest BCUT2D eigenvalue weighted by molar-refractivity contribution is -0.141. The van der Waals surface area contributed by atoms with Crippen LogP contribution in [0.2, 0.25) is 0 Å². The molecule has 0 aliphatic rings. The van der Waals surface area contributed by atoms with Crippen molar-refractivity contribution in [3.05, 3.63) is 71.3 Å². The van der Waals surface area contributed by atoms with Crippen molar-refractivity contribution in [2.24, 2.45) is 5.92 Å². The second-order valence-corrected chi connectivity index (χ2v) is 15.6. The standard InChI is InChI=1S/C29H43N2O8PS/c1-21(2)26(31-41(36,37)17-11-15-22-12-8-7-9-13-22)40(34,35)20-25(27(32)38-6)24-16-10-14-23(18-24)19-30-28(33)39-29(3,4)5/h7-10,12-14,16,18,21,25-26,31H,11,15,17,19-20H2,1-6H3,(H,30,33)(H,34,35). The molecule has 0 fully saturated rings. The minimum Gasteiger partial charge on any atom is -0.469 e. The van der Waals surface area contributed by atoms with Gasteiger partial charge in [-0.1, -0.05) is 68.4 Å². The zero-order valence-electron chi connectivity index (χ0n) is 24.6. The molecule has 2 rings (SSSR count). The first-order valence-corrected chi connectivity index (χ1v) is 17.1. The lowest BCUT2D eigenvalue weighted by Crippen LogP contribution is -2.41. The molecule has 0 spiro atoms. The summed E-state index contributed by atoms with van der Waals surface area (Å²) in [5.41, 5.74) is 1.37. The highest BCUT2D eigenvalue weighted by atomic mass is 32.2. The Bertz CT molecular complexity index is 1310. The SMILES string of the molecule is COC(=O)C(CP(=O)(O)C(NS(=O)(=O)CCCc1ccccc1)C(C)C)c1cccc(CNC(=O)OC(C)(C)C)c1. The van der Waals surface area contributed by atoms with Crippen molar-refractivity contribution in [1.29, 1.82) is 0 Å². The van der Waals surface area contributed by atoms with Crippen molar-refractivity contribution in [2.45, 2.75) is 71.3 Å². The molecule has 41 heavy (non-hydrogen) atoms. The van der Waals surface area contributed by atoms with Crippen LogP contribution in [-0.4, -0.2) is 55.8 Å². The van der Waals surface area contributed by atoms with Crippen LogP contribution in [0.15, 0.2) is 54.6 Å². The second-order valence-electron chi connectivity index (χ2n) is 11.3. The molecule has 0 aliphatic heterocycles. The van der Waals surface area contributed by atoms with E-state index in [0.29, 0.717) is 24.0 Å². The molecule has 0 saturated heterocycles. The zero-order chi connectivity index (χ0) is 30.8. The van der Waals surface area contributed by atoms with E-state index in [4.69, 9.17) is 9.47 Å². The fourth-order valence-corrected chi connectivity index (χ4v) is 8.74. The van der Waals surface area contributed by atoms with Gasteiger partial charge in [-0.3, -0.25) is 9.36 Å². The van der Waals surface area contributed by atoms with Gasteiger partial charge >= 0.3 is 12.1 Å². The lowest BCUT2D eigenvalue weighted by Gasteiger charge is -2.29. The highest BCUT2D eigenvalue weighted by Crippen LogP contribution is 2.51. The molecule has 0 saturated carbocycles. The monoisotopic (exact) mass is 610 g/mol. The smallest absolute Gasteiger partial charge is 0.407 e. The number of sulfonamides is 1. The van der Waals surface area contributed by atoms with Crippen LogP contribution < -0.4 is 10.0 Å². The summed E-state index contributed by atoms with van der Waals surface area (Å²) in [5, 5.41) is 2.64. The number of carbonyl (C=O) groups is 2. The highest BCUT2D eigenvalue weighted by Gasteiger charge is 2.40. The maximum Gasteiger partial charge on any atom is 0.407 e. The summed E-state index contributed by atoms with van der Waals surface area (Å²) in [6.45, 7) is 8.64. The normalized spacial score (nSPS) is 15.0.